The predicted molar refractivity (Wildman–Crippen MR) is 67.4 cm³/mol. The molecule has 0 atom stereocenters. The fourth-order valence-corrected chi connectivity index (χ4v) is 1.53. The number of hydrogen-bond donors (Lipinski definition) is 2. The summed E-state index contributed by atoms with van der Waals surface area (Å²) in [7, 11) is 0. The molecule has 3 N–H and O–H groups in total. The summed E-state index contributed by atoms with van der Waals surface area (Å²) in [6.07, 6.45) is 3.57. The minimum absolute atomic E-state index is 0.0800. The second kappa shape index (κ2) is 5.12. The van der Waals surface area contributed by atoms with Crippen molar-refractivity contribution in [3.8, 4) is 0 Å². The number of nitrogen functional groups attached to an aromatic ring is 1. The Kier molecular flexibility index (Phi) is 3.35. The molecule has 86 valence electrons. The number of nitrogens with one attached hydrogen (secondary N) is 1. The maximum absolute atomic E-state index is 11.7. The number of carbonyl (C=O) groups is 1. The summed E-state index contributed by atoms with van der Waals surface area (Å²) < 4.78 is 0. The predicted octanol–water partition coefficient (Wildman–Crippen LogP) is 1.84. The van der Waals surface area contributed by atoms with Gasteiger partial charge in [-0.05, 0) is 29.8 Å². The first-order valence-electron chi connectivity index (χ1n) is 5.28. The van der Waals surface area contributed by atoms with Crippen LogP contribution in [0.25, 0.3) is 0 Å². The van der Waals surface area contributed by atoms with Crippen LogP contribution < -0.4 is 11.1 Å². The zero-order chi connectivity index (χ0) is 12.1. The van der Waals surface area contributed by atoms with Gasteiger partial charge in [-0.3, -0.25) is 9.78 Å². The highest BCUT2D eigenvalue weighted by atomic mass is 16.1. The van der Waals surface area contributed by atoms with E-state index in [-0.39, 0.29) is 5.91 Å². The van der Waals surface area contributed by atoms with E-state index in [0.717, 1.165) is 5.56 Å². The number of hydrogen-bond acceptors (Lipinski definition) is 3. The van der Waals surface area contributed by atoms with Gasteiger partial charge in [-0.25, -0.2) is 0 Å². The molecule has 1 amide bonds. The molecule has 0 fully saturated rings. The van der Waals surface area contributed by atoms with Crippen LogP contribution in [-0.2, 0) is 11.2 Å². The quantitative estimate of drug-likeness (QED) is 0.786. The largest absolute Gasteiger partial charge is 0.399 e. The maximum atomic E-state index is 11.7. The van der Waals surface area contributed by atoms with Crippen molar-refractivity contribution in [1.82, 2.24) is 4.98 Å². The first-order chi connectivity index (χ1) is 8.24. The highest BCUT2D eigenvalue weighted by Crippen LogP contribution is 2.09. The van der Waals surface area contributed by atoms with E-state index in [1.165, 1.54) is 0 Å². The smallest absolute Gasteiger partial charge is 0.228 e. The van der Waals surface area contributed by atoms with Crippen LogP contribution >= 0.6 is 0 Å². The van der Waals surface area contributed by atoms with Crippen molar-refractivity contribution < 1.29 is 4.79 Å². The van der Waals surface area contributed by atoms with Crippen LogP contribution in [0.3, 0.4) is 0 Å². The molecule has 0 aliphatic rings. The normalized spacial score (nSPS) is 9.88. The van der Waals surface area contributed by atoms with E-state index in [9.17, 15) is 4.79 Å². The topological polar surface area (TPSA) is 68.0 Å². The van der Waals surface area contributed by atoms with E-state index < -0.39 is 0 Å². The van der Waals surface area contributed by atoms with Gasteiger partial charge in [0.2, 0.25) is 5.91 Å². The fourth-order valence-electron chi connectivity index (χ4n) is 1.53. The number of anilines is 2. The second-order valence-electron chi connectivity index (χ2n) is 3.71. The summed E-state index contributed by atoms with van der Waals surface area (Å²) in [6.45, 7) is 0. The Morgan fingerprint density at radius 3 is 2.88 bits per heavy atom. The third-order valence-electron chi connectivity index (χ3n) is 2.26. The number of rotatable bonds is 3. The number of carbonyl (C=O) groups excluding carboxylic acids is 1. The van der Waals surface area contributed by atoms with Gasteiger partial charge in [-0.15, -0.1) is 0 Å². The Bertz CT molecular complexity index is 511. The van der Waals surface area contributed by atoms with Gasteiger partial charge in [0.25, 0.3) is 0 Å². The van der Waals surface area contributed by atoms with Gasteiger partial charge in [0, 0.05) is 11.9 Å². The van der Waals surface area contributed by atoms with E-state index in [1.807, 2.05) is 12.1 Å². The van der Waals surface area contributed by atoms with Crippen molar-refractivity contribution >= 4 is 17.3 Å². The van der Waals surface area contributed by atoms with Gasteiger partial charge in [0.15, 0.2) is 0 Å². The Morgan fingerprint density at radius 2 is 2.18 bits per heavy atom. The molecule has 0 spiro atoms. The Hall–Kier alpha value is -2.36. The summed E-state index contributed by atoms with van der Waals surface area (Å²) in [5.41, 5.74) is 7.90. The molecule has 0 saturated heterocycles. The van der Waals surface area contributed by atoms with Crippen LogP contribution in [0, 0.1) is 0 Å². The standard InChI is InChI=1S/C13H13N3O/c14-11-4-1-3-10(7-11)8-13(17)16-12-5-2-6-15-9-12/h1-7,9H,8,14H2,(H,16,17). The van der Waals surface area contributed by atoms with Crippen LogP contribution in [-0.4, -0.2) is 10.9 Å². The number of nitrogens with zero attached hydrogens (tertiary/aromatic N) is 1. The van der Waals surface area contributed by atoms with E-state index >= 15 is 0 Å². The maximum Gasteiger partial charge on any atom is 0.228 e. The van der Waals surface area contributed by atoms with E-state index in [1.54, 1.807) is 36.7 Å². The lowest BCUT2D eigenvalue weighted by Gasteiger charge is -2.05. The zero-order valence-electron chi connectivity index (χ0n) is 9.26. The molecule has 0 saturated carbocycles. The molecule has 2 rings (SSSR count). The SMILES string of the molecule is Nc1cccc(CC(=O)Nc2cccnc2)c1. The van der Waals surface area contributed by atoms with Gasteiger partial charge in [-0.2, -0.15) is 0 Å². The second-order valence-corrected chi connectivity index (χ2v) is 3.71. The number of amides is 1. The Labute approximate surface area is 99.5 Å². The molecular weight excluding hydrogens is 214 g/mol. The molecule has 1 aromatic carbocycles. The van der Waals surface area contributed by atoms with Crippen LogP contribution in [0.4, 0.5) is 11.4 Å². The van der Waals surface area contributed by atoms with Gasteiger partial charge in [0.05, 0.1) is 18.3 Å². The lowest BCUT2D eigenvalue weighted by molar-refractivity contribution is -0.115. The molecule has 0 aliphatic carbocycles. The fraction of sp³-hybridized carbons (Fsp3) is 0.0769. The number of pyridine rings is 1. The van der Waals surface area contributed by atoms with Gasteiger partial charge < -0.3 is 11.1 Å². The molecule has 2 aromatic rings. The monoisotopic (exact) mass is 227 g/mol. The first kappa shape index (κ1) is 11.1. The van der Waals surface area contributed by atoms with Crippen molar-refractivity contribution in [3.63, 3.8) is 0 Å². The molecule has 0 radical (unpaired) electrons. The third-order valence-corrected chi connectivity index (χ3v) is 2.26. The average molecular weight is 227 g/mol. The minimum Gasteiger partial charge on any atom is -0.399 e. The highest BCUT2D eigenvalue weighted by molar-refractivity contribution is 5.92. The average Bonchev–Trinajstić information content (AvgIpc) is 2.30. The van der Waals surface area contributed by atoms with Crippen molar-refractivity contribution in [1.29, 1.82) is 0 Å². The summed E-state index contributed by atoms with van der Waals surface area (Å²) in [4.78, 5) is 15.6. The van der Waals surface area contributed by atoms with Crippen molar-refractivity contribution in [2.45, 2.75) is 6.42 Å². The van der Waals surface area contributed by atoms with Gasteiger partial charge >= 0.3 is 0 Å². The Morgan fingerprint density at radius 1 is 1.29 bits per heavy atom. The number of nitrogens with two attached hydrogens (primary N) is 1. The number of aromatic nitrogens is 1. The summed E-state index contributed by atoms with van der Waals surface area (Å²) in [6, 6.07) is 10.9. The lowest BCUT2D eigenvalue weighted by atomic mass is 10.1. The molecule has 0 aliphatic heterocycles. The first-order valence-corrected chi connectivity index (χ1v) is 5.28. The van der Waals surface area contributed by atoms with Crippen LogP contribution in [0.15, 0.2) is 48.8 Å². The molecule has 4 nitrogen and oxygen atoms in total. The van der Waals surface area contributed by atoms with Gasteiger partial charge in [-0.1, -0.05) is 12.1 Å². The van der Waals surface area contributed by atoms with Crippen molar-refractivity contribution in [3.05, 3.63) is 54.4 Å². The van der Waals surface area contributed by atoms with E-state index in [4.69, 9.17) is 5.73 Å². The molecule has 0 unspecified atom stereocenters. The number of benzene rings is 1. The molecule has 4 heteroatoms. The summed E-state index contributed by atoms with van der Waals surface area (Å²) in [5, 5.41) is 2.77. The van der Waals surface area contributed by atoms with Crippen LogP contribution in [0.2, 0.25) is 0 Å². The highest BCUT2D eigenvalue weighted by Gasteiger charge is 2.04. The molecule has 1 heterocycles. The third kappa shape index (κ3) is 3.31. The minimum atomic E-state index is -0.0800. The molecular formula is C13H13N3O. The van der Waals surface area contributed by atoms with Crippen LogP contribution in [0.1, 0.15) is 5.56 Å². The summed E-state index contributed by atoms with van der Waals surface area (Å²) in [5.74, 6) is -0.0800. The Balaban J connectivity index is 1.98. The summed E-state index contributed by atoms with van der Waals surface area (Å²) >= 11 is 0. The molecule has 1 aromatic heterocycles. The van der Waals surface area contributed by atoms with E-state index in [0.29, 0.717) is 17.8 Å². The zero-order valence-corrected chi connectivity index (χ0v) is 9.26. The molecule has 17 heavy (non-hydrogen) atoms. The van der Waals surface area contributed by atoms with Crippen molar-refractivity contribution in [2.24, 2.45) is 0 Å². The lowest BCUT2D eigenvalue weighted by Crippen LogP contribution is -2.14. The van der Waals surface area contributed by atoms with E-state index in [2.05, 4.69) is 10.3 Å². The van der Waals surface area contributed by atoms with Crippen LogP contribution in [0.5, 0.6) is 0 Å². The van der Waals surface area contributed by atoms with Crippen molar-refractivity contribution in [2.75, 3.05) is 11.1 Å². The molecule has 0 bridgehead atoms. The van der Waals surface area contributed by atoms with Gasteiger partial charge in [0.1, 0.15) is 0 Å².